The van der Waals surface area contributed by atoms with Gasteiger partial charge in [0, 0.05) is 37.6 Å². The number of aliphatic hydroxyl groups excluding tert-OH is 1. The van der Waals surface area contributed by atoms with Crippen LogP contribution in [0.15, 0.2) is 30.7 Å². The summed E-state index contributed by atoms with van der Waals surface area (Å²) in [4.78, 5) is 29.0. The van der Waals surface area contributed by atoms with Crippen LogP contribution in [0.25, 0.3) is 16.6 Å². The Morgan fingerprint density at radius 2 is 2.11 bits per heavy atom. The number of anilines is 2. The van der Waals surface area contributed by atoms with E-state index in [0.717, 1.165) is 6.21 Å². The molecule has 2 fully saturated rings. The maximum atomic E-state index is 12.1. The Morgan fingerprint density at radius 3 is 2.80 bits per heavy atom. The molecule has 0 aromatic carbocycles. The third-order valence-corrected chi connectivity index (χ3v) is 7.57. The van der Waals surface area contributed by atoms with E-state index in [2.05, 4.69) is 35.3 Å². The van der Waals surface area contributed by atoms with Gasteiger partial charge in [-0.2, -0.15) is 0 Å². The van der Waals surface area contributed by atoms with Gasteiger partial charge in [-0.05, 0) is 18.9 Å². The van der Waals surface area contributed by atoms with E-state index in [-0.39, 0.29) is 30.0 Å². The fraction of sp³-hybridized carbons (Fsp3) is 0.333. The number of amides is 1. The molecule has 14 heteroatoms. The second-order valence-electron chi connectivity index (χ2n) is 8.27. The molecular formula is C21H23N9O4S. The number of aliphatic hydroxyl groups is 1. The zero-order chi connectivity index (χ0) is 24.6. The van der Waals surface area contributed by atoms with Gasteiger partial charge in [-0.15, -0.1) is 0 Å². The maximum absolute atomic E-state index is 12.1. The molecule has 0 radical (unpaired) electrons. The van der Waals surface area contributed by atoms with Crippen LogP contribution in [0.2, 0.25) is 0 Å². The summed E-state index contributed by atoms with van der Waals surface area (Å²) in [6, 6.07) is 3.19. The van der Waals surface area contributed by atoms with Gasteiger partial charge in [-0.3, -0.25) is 9.52 Å². The molecule has 5 rings (SSSR count). The minimum Gasteiger partial charge on any atom is -0.388 e. The molecule has 5 N–H and O–H groups in total. The van der Waals surface area contributed by atoms with Crippen molar-refractivity contribution in [2.45, 2.75) is 37.2 Å². The van der Waals surface area contributed by atoms with Gasteiger partial charge in [-0.25, -0.2) is 28.4 Å². The summed E-state index contributed by atoms with van der Waals surface area (Å²) in [5.41, 5.74) is 1.49. The Labute approximate surface area is 200 Å². The molecule has 1 unspecified atom stereocenters. The quantitative estimate of drug-likeness (QED) is 0.264. The summed E-state index contributed by atoms with van der Waals surface area (Å²) in [6.07, 6.45) is 6.79. The molecule has 3 aromatic rings. The average Bonchev–Trinajstić information content (AvgIpc) is 3.54. The first kappa shape index (κ1) is 22.9. The smallest absolute Gasteiger partial charge is 0.235 e. The number of imidazole rings is 1. The summed E-state index contributed by atoms with van der Waals surface area (Å²) >= 11 is 0. The van der Waals surface area contributed by atoms with Gasteiger partial charge in [-0.1, -0.05) is 0 Å². The second-order valence-corrected chi connectivity index (χ2v) is 10.3. The second kappa shape index (κ2) is 9.03. The topological polar surface area (TPSA) is 188 Å². The van der Waals surface area contributed by atoms with E-state index in [1.165, 1.54) is 12.4 Å². The Morgan fingerprint density at radius 1 is 1.29 bits per heavy atom. The molecule has 0 bridgehead atoms. The Kier molecular flexibility index (Phi) is 5.90. The van der Waals surface area contributed by atoms with E-state index in [1.807, 2.05) is 4.57 Å². The number of fused-ring (bicyclic) bond motifs is 1. The number of allylic oxidation sites excluding steroid dienone is 1. The predicted molar refractivity (Wildman–Crippen MR) is 127 cm³/mol. The first-order chi connectivity index (χ1) is 16.9. The summed E-state index contributed by atoms with van der Waals surface area (Å²) in [5, 5.41) is 22.9. The lowest BCUT2D eigenvalue weighted by Crippen LogP contribution is -2.22. The molecule has 1 saturated heterocycles. The molecular weight excluding hydrogens is 474 g/mol. The van der Waals surface area contributed by atoms with Crippen molar-refractivity contribution in [1.29, 1.82) is 5.41 Å². The lowest BCUT2D eigenvalue weighted by Gasteiger charge is -2.14. The molecule has 4 heterocycles. The summed E-state index contributed by atoms with van der Waals surface area (Å²) in [5.74, 6) is 1.37. The normalized spacial score (nSPS) is 18.5. The van der Waals surface area contributed by atoms with Crippen molar-refractivity contribution >= 4 is 50.4 Å². The van der Waals surface area contributed by atoms with Crippen LogP contribution < -0.4 is 15.4 Å². The third-order valence-electron chi connectivity index (χ3n) is 5.78. The number of carbonyl (C=O) groups excluding carboxylic acids is 1. The Hall–Kier alpha value is -3.91. The lowest BCUT2D eigenvalue weighted by molar-refractivity contribution is -0.119. The van der Waals surface area contributed by atoms with Gasteiger partial charge in [0.05, 0.1) is 28.6 Å². The number of rotatable bonds is 9. The number of hydrogen-bond donors (Lipinski definition) is 5. The van der Waals surface area contributed by atoms with E-state index in [1.54, 1.807) is 18.3 Å². The minimum absolute atomic E-state index is 0.0591. The van der Waals surface area contributed by atoms with Gasteiger partial charge in [0.1, 0.15) is 29.6 Å². The first-order valence-electron chi connectivity index (χ1n) is 10.9. The van der Waals surface area contributed by atoms with Crippen molar-refractivity contribution in [3.63, 3.8) is 0 Å². The van der Waals surface area contributed by atoms with E-state index in [0.29, 0.717) is 54.3 Å². The molecule has 182 valence electrons. The third kappa shape index (κ3) is 4.70. The van der Waals surface area contributed by atoms with E-state index < -0.39 is 15.3 Å². The molecule has 2 aliphatic rings. The van der Waals surface area contributed by atoms with E-state index in [9.17, 15) is 18.3 Å². The monoisotopic (exact) mass is 497 g/mol. The lowest BCUT2D eigenvalue weighted by atomic mass is 10.2. The highest BCUT2D eigenvalue weighted by molar-refractivity contribution is 7.90. The molecule has 1 amide bonds. The highest BCUT2D eigenvalue weighted by atomic mass is 32.2. The van der Waals surface area contributed by atoms with Crippen LogP contribution in [0.1, 0.15) is 37.0 Å². The number of nitrogens with one attached hydrogen (secondary N) is 4. The Balaban J connectivity index is 1.41. The van der Waals surface area contributed by atoms with E-state index >= 15 is 0 Å². The number of pyridine rings is 1. The SMILES string of the molecule is N=C/C(=C\NS(=O)(=O)C1CC1)c1nccc(Nc2cc3c(cn2)nc(CO)n3C2CNC(=O)C2)n1. The number of nitrogens with zero attached hydrogens (tertiary/aromatic N) is 5. The summed E-state index contributed by atoms with van der Waals surface area (Å²) < 4.78 is 28.4. The number of sulfonamides is 1. The predicted octanol–water partition coefficient (Wildman–Crippen LogP) is 0.590. The molecule has 1 aliphatic carbocycles. The van der Waals surface area contributed by atoms with Crippen molar-refractivity contribution in [3.8, 4) is 0 Å². The van der Waals surface area contributed by atoms with Crippen LogP contribution in [0.3, 0.4) is 0 Å². The van der Waals surface area contributed by atoms with Crippen LogP contribution in [0.4, 0.5) is 11.6 Å². The van der Waals surface area contributed by atoms with Gasteiger partial charge in [0.25, 0.3) is 0 Å². The molecule has 3 aromatic heterocycles. The van der Waals surface area contributed by atoms with Gasteiger partial charge in [0.15, 0.2) is 5.82 Å². The van der Waals surface area contributed by atoms with Crippen molar-refractivity contribution in [3.05, 3.63) is 42.4 Å². The van der Waals surface area contributed by atoms with E-state index in [4.69, 9.17) is 5.41 Å². The van der Waals surface area contributed by atoms with Crippen LogP contribution in [0, 0.1) is 5.41 Å². The summed E-state index contributed by atoms with van der Waals surface area (Å²) in [6.45, 7) is 0.168. The molecule has 1 atom stereocenters. The molecule has 13 nitrogen and oxygen atoms in total. The van der Waals surface area contributed by atoms with Crippen LogP contribution >= 0.6 is 0 Å². The van der Waals surface area contributed by atoms with Gasteiger partial charge in [0.2, 0.25) is 15.9 Å². The molecule has 1 saturated carbocycles. The minimum atomic E-state index is -3.46. The number of carbonyl (C=O) groups is 1. The fourth-order valence-electron chi connectivity index (χ4n) is 3.90. The molecule has 35 heavy (non-hydrogen) atoms. The summed E-state index contributed by atoms with van der Waals surface area (Å²) in [7, 11) is -3.46. The van der Waals surface area contributed by atoms with Crippen LogP contribution in [-0.2, 0) is 21.4 Å². The highest BCUT2D eigenvalue weighted by Gasteiger charge is 2.35. The van der Waals surface area contributed by atoms with Crippen LogP contribution in [-0.4, -0.2) is 61.9 Å². The van der Waals surface area contributed by atoms with Gasteiger partial charge < -0.3 is 25.7 Å². The largest absolute Gasteiger partial charge is 0.388 e. The fourth-order valence-corrected chi connectivity index (χ4v) is 5.14. The van der Waals surface area contributed by atoms with Crippen LogP contribution in [0.5, 0.6) is 0 Å². The standard InChI is InChI=1S/C21H23N9O4S/c22-7-12(8-26-35(33,34)14-1-2-14)21-23-4-3-17(29-21)28-18-6-16-15(10-24-18)27-19(11-31)30(16)13-5-20(32)25-9-13/h3-4,6-8,10,13-14,22,26,31H,1-2,5,9,11H2,(H,25,32)(H,23,24,28,29)/b12-8+,22-7?. The zero-order valence-electron chi connectivity index (χ0n) is 18.5. The average molecular weight is 498 g/mol. The van der Waals surface area contributed by atoms with Gasteiger partial charge >= 0.3 is 0 Å². The number of aromatic nitrogens is 5. The number of hydrogen-bond acceptors (Lipinski definition) is 10. The highest BCUT2D eigenvalue weighted by Crippen LogP contribution is 2.28. The van der Waals surface area contributed by atoms with Crippen molar-refractivity contribution < 1.29 is 18.3 Å². The Bertz CT molecular complexity index is 1450. The maximum Gasteiger partial charge on any atom is 0.235 e. The first-order valence-corrected chi connectivity index (χ1v) is 12.5. The molecule has 1 aliphatic heterocycles. The molecule has 0 spiro atoms. The van der Waals surface area contributed by atoms with Crippen molar-refractivity contribution in [2.75, 3.05) is 11.9 Å². The van der Waals surface area contributed by atoms with Crippen molar-refractivity contribution in [1.82, 2.24) is 34.5 Å². The van der Waals surface area contributed by atoms with Crippen molar-refractivity contribution in [2.24, 2.45) is 0 Å². The zero-order valence-corrected chi connectivity index (χ0v) is 19.3.